The van der Waals surface area contributed by atoms with Crippen molar-refractivity contribution in [2.45, 2.75) is 24.3 Å². The van der Waals surface area contributed by atoms with Gasteiger partial charge in [-0.2, -0.15) is 4.31 Å². The van der Waals surface area contributed by atoms with Gasteiger partial charge in [0.25, 0.3) is 5.89 Å². The van der Waals surface area contributed by atoms with Crippen molar-refractivity contribution in [1.29, 1.82) is 0 Å². The van der Waals surface area contributed by atoms with Crippen LogP contribution < -0.4 is 0 Å². The van der Waals surface area contributed by atoms with Gasteiger partial charge in [0.1, 0.15) is 0 Å². The lowest BCUT2D eigenvalue weighted by molar-refractivity contribution is 0.0438. The zero-order valence-corrected chi connectivity index (χ0v) is 18.2. The van der Waals surface area contributed by atoms with E-state index in [2.05, 4.69) is 26.1 Å². The number of halogens is 1. The van der Waals surface area contributed by atoms with Gasteiger partial charge >= 0.3 is 5.97 Å². The van der Waals surface area contributed by atoms with E-state index in [1.54, 1.807) is 0 Å². The number of benzene rings is 2. The van der Waals surface area contributed by atoms with Gasteiger partial charge in [-0.05, 0) is 61.4 Å². The summed E-state index contributed by atoms with van der Waals surface area (Å²) in [5.74, 6) is -0.122. The van der Waals surface area contributed by atoms with Gasteiger partial charge < -0.3 is 9.15 Å². The normalized spacial score (nSPS) is 14.7. The van der Waals surface area contributed by atoms with Crippen LogP contribution in [0, 0.1) is 0 Å². The van der Waals surface area contributed by atoms with E-state index in [9.17, 15) is 13.2 Å². The second-order valence-corrected chi connectivity index (χ2v) is 9.57. The quantitative estimate of drug-likeness (QED) is 0.484. The van der Waals surface area contributed by atoms with E-state index in [-0.39, 0.29) is 23.0 Å². The van der Waals surface area contributed by atoms with Crippen LogP contribution in [0.3, 0.4) is 0 Å². The van der Waals surface area contributed by atoms with Crippen LogP contribution in [0.2, 0.25) is 0 Å². The molecule has 0 spiro atoms. The second kappa shape index (κ2) is 8.66. The number of aromatic nitrogens is 2. The fourth-order valence-corrected chi connectivity index (χ4v) is 4.85. The van der Waals surface area contributed by atoms with Crippen LogP contribution in [0.5, 0.6) is 0 Å². The first-order valence-electron chi connectivity index (χ1n) is 9.29. The molecule has 10 heteroatoms. The molecule has 1 aliphatic heterocycles. The topological polar surface area (TPSA) is 103 Å². The Morgan fingerprint density at radius 3 is 2.37 bits per heavy atom. The van der Waals surface area contributed by atoms with Crippen molar-refractivity contribution in [2.75, 3.05) is 13.1 Å². The highest BCUT2D eigenvalue weighted by Crippen LogP contribution is 2.22. The van der Waals surface area contributed by atoms with Crippen LogP contribution >= 0.6 is 15.9 Å². The standard InChI is InChI=1S/C20H18BrN3O5S/c21-16-7-3-14(4-8-16)19-23-22-18(29-19)13-28-20(25)15-5-9-17(10-6-15)30(26,27)24-11-1-2-12-24/h3-10H,1-2,11-13H2. The lowest BCUT2D eigenvalue weighted by Crippen LogP contribution is -2.27. The second-order valence-electron chi connectivity index (χ2n) is 6.72. The largest absolute Gasteiger partial charge is 0.452 e. The Kier molecular flexibility index (Phi) is 5.98. The van der Waals surface area contributed by atoms with Gasteiger partial charge in [-0.25, -0.2) is 13.2 Å². The molecule has 2 aromatic carbocycles. The molecule has 0 unspecified atom stereocenters. The lowest BCUT2D eigenvalue weighted by atomic mass is 10.2. The molecule has 0 radical (unpaired) electrons. The maximum Gasteiger partial charge on any atom is 0.338 e. The van der Waals surface area contributed by atoms with Gasteiger partial charge in [0.15, 0.2) is 6.61 Å². The summed E-state index contributed by atoms with van der Waals surface area (Å²) in [6.07, 6.45) is 1.73. The van der Waals surface area contributed by atoms with Crippen molar-refractivity contribution < 1.29 is 22.4 Å². The molecule has 8 nitrogen and oxygen atoms in total. The Hall–Kier alpha value is -2.56. The summed E-state index contributed by atoms with van der Waals surface area (Å²) in [5, 5.41) is 7.83. The molecule has 0 saturated carbocycles. The molecule has 1 saturated heterocycles. The zero-order chi connectivity index (χ0) is 21.1. The highest BCUT2D eigenvalue weighted by molar-refractivity contribution is 9.10. The van der Waals surface area contributed by atoms with E-state index < -0.39 is 16.0 Å². The molecule has 2 heterocycles. The van der Waals surface area contributed by atoms with Crippen molar-refractivity contribution in [3.63, 3.8) is 0 Å². The first kappa shape index (κ1) is 20.7. The Balaban J connectivity index is 1.38. The highest BCUT2D eigenvalue weighted by Gasteiger charge is 2.27. The molecule has 1 fully saturated rings. The summed E-state index contributed by atoms with van der Waals surface area (Å²) >= 11 is 3.36. The van der Waals surface area contributed by atoms with E-state index in [0.29, 0.717) is 19.0 Å². The van der Waals surface area contributed by atoms with E-state index in [1.165, 1.54) is 28.6 Å². The molecular formula is C20H18BrN3O5S. The minimum Gasteiger partial charge on any atom is -0.452 e. The summed E-state index contributed by atoms with van der Waals surface area (Å²) in [6, 6.07) is 13.1. The van der Waals surface area contributed by atoms with Crippen LogP contribution in [-0.4, -0.2) is 42.0 Å². The monoisotopic (exact) mass is 491 g/mol. The summed E-state index contributed by atoms with van der Waals surface area (Å²) < 4.78 is 38.2. The van der Waals surface area contributed by atoms with E-state index in [1.807, 2.05) is 24.3 Å². The van der Waals surface area contributed by atoms with Gasteiger partial charge in [0, 0.05) is 23.1 Å². The molecule has 0 amide bonds. The van der Waals surface area contributed by atoms with Crippen molar-refractivity contribution in [2.24, 2.45) is 0 Å². The predicted octanol–water partition coefficient (Wildman–Crippen LogP) is 3.64. The van der Waals surface area contributed by atoms with Crippen molar-refractivity contribution in [3.05, 3.63) is 64.5 Å². The Labute approximate surface area is 182 Å². The Morgan fingerprint density at radius 2 is 1.70 bits per heavy atom. The molecule has 0 atom stereocenters. The summed E-state index contributed by atoms with van der Waals surface area (Å²) in [6.45, 7) is 0.868. The molecular weight excluding hydrogens is 474 g/mol. The summed E-state index contributed by atoms with van der Waals surface area (Å²) in [7, 11) is -3.52. The molecule has 0 N–H and O–H groups in total. The van der Waals surface area contributed by atoms with Crippen LogP contribution in [-0.2, 0) is 21.4 Å². The number of hydrogen-bond acceptors (Lipinski definition) is 7. The van der Waals surface area contributed by atoms with Gasteiger partial charge in [-0.15, -0.1) is 10.2 Å². The van der Waals surface area contributed by atoms with Crippen LogP contribution in [0.25, 0.3) is 11.5 Å². The first-order valence-corrected chi connectivity index (χ1v) is 11.5. The van der Waals surface area contributed by atoms with Crippen LogP contribution in [0.4, 0.5) is 0 Å². The maximum absolute atomic E-state index is 12.5. The van der Waals surface area contributed by atoms with Gasteiger partial charge in [0.05, 0.1) is 10.5 Å². The summed E-state index contributed by atoms with van der Waals surface area (Å²) in [4.78, 5) is 12.4. The van der Waals surface area contributed by atoms with E-state index >= 15 is 0 Å². The average Bonchev–Trinajstić information content (AvgIpc) is 3.45. The Bertz CT molecular complexity index is 1140. The minimum absolute atomic E-state index is 0.162. The fourth-order valence-electron chi connectivity index (χ4n) is 3.07. The Morgan fingerprint density at radius 1 is 1.03 bits per heavy atom. The zero-order valence-electron chi connectivity index (χ0n) is 15.8. The number of rotatable bonds is 6. The molecule has 3 aromatic rings. The number of hydrogen-bond donors (Lipinski definition) is 0. The highest BCUT2D eigenvalue weighted by atomic mass is 79.9. The molecule has 156 valence electrons. The first-order chi connectivity index (χ1) is 14.4. The number of ether oxygens (including phenoxy) is 1. The number of sulfonamides is 1. The van der Waals surface area contributed by atoms with Crippen LogP contribution in [0.15, 0.2) is 62.3 Å². The minimum atomic E-state index is -3.52. The SMILES string of the molecule is O=C(OCc1nnc(-c2ccc(Br)cc2)o1)c1ccc(S(=O)(=O)N2CCCC2)cc1. The van der Waals surface area contributed by atoms with Crippen LogP contribution in [0.1, 0.15) is 29.1 Å². The van der Waals surface area contributed by atoms with Crippen molar-refractivity contribution >= 4 is 31.9 Å². The third-order valence-corrected chi connectivity index (χ3v) is 7.12. The van der Waals surface area contributed by atoms with Gasteiger partial charge in [-0.1, -0.05) is 15.9 Å². The van der Waals surface area contributed by atoms with E-state index in [4.69, 9.17) is 9.15 Å². The fraction of sp³-hybridized carbons (Fsp3) is 0.250. The van der Waals surface area contributed by atoms with Crippen molar-refractivity contribution in [3.8, 4) is 11.5 Å². The number of nitrogens with zero attached hydrogens (tertiary/aromatic N) is 3. The average molecular weight is 492 g/mol. The van der Waals surface area contributed by atoms with Gasteiger partial charge in [0.2, 0.25) is 15.9 Å². The van der Waals surface area contributed by atoms with Crippen molar-refractivity contribution in [1.82, 2.24) is 14.5 Å². The molecule has 1 aliphatic rings. The molecule has 1 aromatic heterocycles. The lowest BCUT2D eigenvalue weighted by Gasteiger charge is -2.15. The predicted molar refractivity (Wildman–Crippen MR) is 111 cm³/mol. The molecule has 30 heavy (non-hydrogen) atoms. The smallest absolute Gasteiger partial charge is 0.338 e. The number of carbonyl (C=O) groups is 1. The number of carbonyl (C=O) groups excluding carboxylic acids is 1. The van der Waals surface area contributed by atoms with E-state index in [0.717, 1.165) is 22.9 Å². The molecule has 0 aliphatic carbocycles. The van der Waals surface area contributed by atoms with Gasteiger partial charge in [-0.3, -0.25) is 0 Å². The third kappa shape index (κ3) is 4.45. The molecule has 4 rings (SSSR count). The summed E-state index contributed by atoms with van der Waals surface area (Å²) in [5.41, 5.74) is 0.987. The number of esters is 1. The maximum atomic E-state index is 12.5. The third-order valence-electron chi connectivity index (χ3n) is 4.68. The molecule has 0 bridgehead atoms.